The average molecular weight is 351 g/mol. The summed E-state index contributed by atoms with van der Waals surface area (Å²) in [6.07, 6.45) is 4.77. The molecule has 1 aromatic carbocycles. The van der Waals surface area contributed by atoms with Gasteiger partial charge in [-0.2, -0.15) is 4.98 Å². The molecule has 4 rings (SSSR count). The number of aromatic nitrogens is 2. The molecule has 1 amide bonds. The zero-order valence-electron chi connectivity index (χ0n) is 15.0. The number of carbonyl (C=O) groups excluding carboxylic acids is 1. The molecule has 0 aliphatic carbocycles. The van der Waals surface area contributed by atoms with Crippen LogP contribution in [0.3, 0.4) is 0 Å². The van der Waals surface area contributed by atoms with Gasteiger partial charge < -0.3 is 14.7 Å². The Labute approximate surface area is 154 Å². The van der Waals surface area contributed by atoms with Crippen LogP contribution in [0.2, 0.25) is 0 Å². The fourth-order valence-corrected chi connectivity index (χ4v) is 3.65. The van der Waals surface area contributed by atoms with Gasteiger partial charge in [0.05, 0.1) is 6.42 Å². The molecular formula is C20H25N5O. The van der Waals surface area contributed by atoms with Crippen molar-refractivity contribution in [2.45, 2.75) is 19.3 Å². The van der Waals surface area contributed by atoms with Gasteiger partial charge in [0.25, 0.3) is 0 Å². The lowest BCUT2D eigenvalue weighted by Gasteiger charge is -2.35. The molecule has 2 aromatic rings. The molecular weight excluding hydrogens is 326 g/mol. The second-order valence-corrected chi connectivity index (χ2v) is 6.94. The van der Waals surface area contributed by atoms with E-state index in [0.29, 0.717) is 6.42 Å². The summed E-state index contributed by atoms with van der Waals surface area (Å²) in [5.74, 6) is 2.01. The average Bonchev–Trinajstić information content (AvgIpc) is 3.24. The first kappa shape index (κ1) is 16.8. The standard InChI is InChI=1S/C20H25N5O/c26-19(16-17-6-2-1-3-7-17)24-14-12-23(13-15-24)18-8-9-21-20(22-18)25-10-4-5-11-25/h1-3,6-9H,4-5,10-16H2. The van der Waals surface area contributed by atoms with Gasteiger partial charge in [0, 0.05) is 45.5 Å². The van der Waals surface area contributed by atoms with E-state index >= 15 is 0 Å². The summed E-state index contributed by atoms with van der Waals surface area (Å²) < 4.78 is 0. The van der Waals surface area contributed by atoms with Gasteiger partial charge in [-0.15, -0.1) is 0 Å². The van der Waals surface area contributed by atoms with Crippen molar-refractivity contribution < 1.29 is 4.79 Å². The minimum absolute atomic E-state index is 0.205. The third-order valence-electron chi connectivity index (χ3n) is 5.17. The van der Waals surface area contributed by atoms with Gasteiger partial charge in [-0.3, -0.25) is 4.79 Å². The number of benzene rings is 1. The molecule has 2 aliphatic heterocycles. The maximum atomic E-state index is 12.5. The second-order valence-electron chi connectivity index (χ2n) is 6.94. The van der Waals surface area contributed by atoms with Gasteiger partial charge in [0.1, 0.15) is 5.82 Å². The lowest BCUT2D eigenvalue weighted by atomic mass is 10.1. The Morgan fingerprint density at radius 3 is 2.35 bits per heavy atom. The van der Waals surface area contributed by atoms with Crippen LogP contribution in [0.25, 0.3) is 0 Å². The van der Waals surface area contributed by atoms with E-state index in [9.17, 15) is 4.79 Å². The van der Waals surface area contributed by atoms with Crippen LogP contribution >= 0.6 is 0 Å². The molecule has 2 saturated heterocycles. The molecule has 2 aliphatic rings. The van der Waals surface area contributed by atoms with E-state index in [1.165, 1.54) is 12.8 Å². The molecule has 0 atom stereocenters. The van der Waals surface area contributed by atoms with E-state index in [0.717, 1.165) is 56.6 Å². The maximum absolute atomic E-state index is 12.5. The van der Waals surface area contributed by atoms with Crippen molar-refractivity contribution in [3.05, 3.63) is 48.2 Å². The van der Waals surface area contributed by atoms with Gasteiger partial charge in [0.15, 0.2) is 0 Å². The summed E-state index contributed by atoms with van der Waals surface area (Å²) in [5, 5.41) is 0. The zero-order chi connectivity index (χ0) is 17.8. The predicted molar refractivity (Wildman–Crippen MR) is 102 cm³/mol. The fourth-order valence-electron chi connectivity index (χ4n) is 3.65. The van der Waals surface area contributed by atoms with Crippen LogP contribution in [0.15, 0.2) is 42.6 Å². The molecule has 6 heteroatoms. The lowest BCUT2D eigenvalue weighted by molar-refractivity contribution is -0.130. The summed E-state index contributed by atoms with van der Waals surface area (Å²) in [6.45, 7) is 5.22. The highest BCUT2D eigenvalue weighted by Gasteiger charge is 2.23. The van der Waals surface area contributed by atoms with Gasteiger partial charge in [-0.1, -0.05) is 30.3 Å². The molecule has 0 N–H and O–H groups in total. The number of hydrogen-bond donors (Lipinski definition) is 0. The van der Waals surface area contributed by atoms with Crippen LogP contribution < -0.4 is 9.80 Å². The van der Waals surface area contributed by atoms with E-state index < -0.39 is 0 Å². The molecule has 1 aromatic heterocycles. The second kappa shape index (κ2) is 7.72. The monoisotopic (exact) mass is 351 g/mol. The topological polar surface area (TPSA) is 52.6 Å². The maximum Gasteiger partial charge on any atom is 0.227 e. The van der Waals surface area contributed by atoms with Crippen molar-refractivity contribution in [1.82, 2.24) is 14.9 Å². The van der Waals surface area contributed by atoms with Gasteiger partial charge in [0.2, 0.25) is 11.9 Å². The molecule has 3 heterocycles. The zero-order valence-corrected chi connectivity index (χ0v) is 15.0. The van der Waals surface area contributed by atoms with E-state index in [4.69, 9.17) is 4.98 Å². The SMILES string of the molecule is O=C(Cc1ccccc1)N1CCN(c2ccnc(N3CCCC3)n2)CC1. The summed E-state index contributed by atoms with van der Waals surface area (Å²) >= 11 is 0. The smallest absolute Gasteiger partial charge is 0.227 e. The molecule has 26 heavy (non-hydrogen) atoms. The van der Waals surface area contributed by atoms with E-state index in [1.54, 1.807) is 0 Å². The van der Waals surface area contributed by atoms with Gasteiger partial charge >= 0.3 is 0 Å². The number of piperazine rings is 1. The van der Waals surface area contributed by atoms with Crippen molar-refractivity contribution in [1.29, 1.82) is 0 Å². The van der Waals surface area contributed by atoms with Crippen LogP contribution in [0.4, 0.5) is 11.8 Å². The molecule has 0 radical (unpaired) electrons. The van der Waals surface area contributed by atoms with Crippen molar-refractivity contribution in [2.24, 2.45) is 0 Å². The van der Waals surface area contributed by atoms with Crippen LogP contribution in [0, 0.1) is 0 Å². The van der Waals surface area contributed by atoms with Crippen molar-refractivity contribution in [3.8, 4) is 0 Å². The summed E-state index contributed by atoms with van der Waals surface area (Å²) in [4.78, 5) is 28.2. The van der Waals surface area contributed by atoms with Gasteiger partial charge in [-0.25, -0.2) is 4.98 Å². The highest BCUT2D eigenvalue weighted by atomic mass is 16.2. The molecule has 0 saturated carbocycles. The number of amides is 1. The summed E-state index contributed by atoms with van der Waals surface area (Å²) in [5.41, 5.74) is 1.07. The van der Waals surface area contributed by atoms with Crippen LogP contribution in [0.5, 0.6) is 0 Å². The third-order valence-corrected chi connectivity index (χ3v) is 5.17. The van der Waals surface area contributed by atoms with E-state index in [1.807, 2.05) is 47.5 Å². The molecule has 2 fully saturated rings. The Hall–Kier alpha value is -2.63. The molecule has 6 nitrogen and oxygen atoms in total. The van der Waals surface area contributed by atoms with E-state index in [2.05, 4.69) is 14.8 Å². The fraction of sp³-hybridized carbons (Fsp3) is 0.450. The van der Waals surface area contributed by atoms with Crippen LogP contribution in [-0.4, -0.2) is 60.0 Å². The molecule has 0 spiro atoms. The number of carbonyl (C=O) groups is 1. The number of anilines is 2. The number of rotatable bonds is 4. The van der Waals surface area contributed by atoms with E-state index in [-0.39, 0.29) is 5.91 Å². The Bertz CT molecular complexity index is 737. The first-order valence-electron chi connectivity index (χ1n) is 9.44. The Morgan fingerprint density at radius 2 is 1.62 bits per heavy atom. The Morgan fingerprint density at radius 1 is 0.885 bits per heavy atom. The normalized spacial score (nSPS) is 17.6. The van der Waals surface area contributed by atoms with Crippen molar-refractivity contribution in [3.63, 3.8) is 0 Å². The predicted octanol–water partition coefficient (Wildman–Crippen LogP) is 1.97. The first-order chi connectivity index (χ1) is 12.8. The van der Waals surface area contributed by atoms with Crippen LogP contribution in [0.1, 0.15) is 18.4 Å². The minimum atomic E-state index is 0.205. The highest BCUT2D eigenvalue weighted by Crippen LogP contribution is 2.20. The number of nitrogens with zero attached hydrogens (tertiary/aromatic N) is 5. The largest absolute Gasteiger partial charge is 0.353 e. The van der Waals surface area contributed by atoms with Crippen LogP contribution in [-0.2, 0) is 11.2 Å². The minimum Gasteiger partial charge on any atom is -0.353 e. The Balaban J connectivity index is 1.34. The first-order valence-corrected chi connectivity index (χ1v) is 9.44. The number of hydrogen-bond acceptors (Lipinski definition) is 5. The molecule has 0 bridgehead atoms. The molecule has 136 valence electrons. The Kier molecular flexibility index (Phi) is 5.00. The highest BCUT2D eigenvalue weighted by molar-refractivity contribution is 5.79. The molecule has 0 unspecified atom stereocenters. The van der Waals surface area contributed by atoms with Gasteiger partial charge in [-0.05, 0) is 24.5 Å². The quantitative estimate of drug-likeness (QED) is 0.843. The third kappa shape index (κ3) is 3.79. The summed E-state index contributed by atoms with van der Waals surface area (Å²) in [6, 6.07) is 11.9. The lowest BCUT2D eigenvalue weighted by Crippen LogP contribution is -2.49. The van der Waals surface area contributed by atoms with Crippen molar-refractivity contribution >= 4 is 17.7 Å². The van der Waals surface area contributed by atoms with Crippen molar-refractivity contribution in [2.75, 3.05) is 49.1 Å². The summed E-state index contributed by atoms with van der Waals surface area (Å²) in [7, 11) is 0.